The first-order valence-electron chi connectivity index (χ1n) is 6.93. The highest BCUT2D eigenvalue weighted by atomic mass is 16.3. The SMILES string of the molecule is CC(CO)CCCNC(=O)c1cccc(-c2nn[nH]n2)c1. The molecule has 0 radical (unpaired) electrons. The predicted octanol–water partition coefficient (Wildman–Crippen LogP) is 1.01. The van der Waals surface area contributed by atoms with Crippen molar-refractivity contribution in [1.29, 1.82) is 0 Å². The van der Waals surface area contributed by atoms with Gasteiger partial charge in [-0.15, -0.1) is 10.2 Å². The van der Waals surface area contributed by atoms with Crippen LogP contribution in [0.4, 0.5) is 0 Å². The van der Waals surface area contributed by atoms with Crippen molar-refractivity contribution >= 4 is 5.91 Å². The highest BCUT2D eigenvalue weighted by Crippen LogP contribution is 2.14. The third-order valence-electron chi connectivity index (χ3n) is 3.20. The van der Waals surface area contributed by atoms with Crippen molar-refractivity contribution in [1.82, 2.24) is 25.9 Å². The minimum absolute atomic E-state index is 0.128. The number of aliphatic hydroxyl groups is 1. The van der Waals surface area contributed by atoms with Gasteiger partial charge in [-0.25, -0.2) is 0 Å². The summed E-state index contributed by atoms with van der Waals surface area (Å²) < 4.78 is 0. The highest BCUT2D eigenvalue weighted by Gasteiger charge is 2.09. The molecule has 1 heterocycles. The summed E-state index contributed by atoms with van der Waals surface area (Å²) in [4.78, 5) is 12.1. The van der Waals surface area contributed by atoms with Crippen LogP contribution in [0.1, 0.15) is 30.1 Å². The Hall–Kier alpha value is -2.28. The summed E-state index contributed by atoms with van der Waals surface area (Å²) in [6.45, 7) is 2.76. The number of tetrazole rings is 1. The maximum atomic E-state index is 12.1. The van der Waals surface area contributed by atoms with Gasteiger partial charge in [0.15, 0.2) is 0 Å². The van der Waals surface area contributed by atoms with Gasteiger partial charge in [0.1, 0.15) is 0 Å². The molecular formula is C14H19N5O2. The maximum Gasteiger partial charge on any atom is 0.251 e. The number of nitrogens with one attached hydrogen (secondary N) is 2. The quantitative estimate of drug-likeness (QED) is 0.660. The van der Waals surface area contributed by atoms with E-state index in [4.69, 9.17) is 5.11 Å². The number of benzene rings is 1. The molecule has 0 fully saturated rings. The number of aromatic amines is 1. The first-order chi connectivity index (χ1) is 10.2. The van der Waals surface area contributed by atoms with Crippen molar-refractivity contribution in [2.45, 2.75) is 19.8 Å². The fraction of sp³-hybridized carbons (Fsp3) is 0.429. The van der Waals surface area contributed by atoms with E-state index in [1.54, 1.807) is 18.2 Å². The summed E-state index contributed by atoms with van der Waals surface area (Å²) in [6, 6.07) is 7.09. The number of nitrogens with zero attached hydrogens (tertiary/aromatic N) is 3. The summed E-state index contributed by atoms with van der Waals surface area (Å²) in [7, 11) is 0. The van der Waals surface area contributed by atoms with Gasteiger partial charge in [0, 0.05) is 24.3 Å². The van der Waals surface area contributed by atoms with E-state index in [1.807, 2.05) is 13.0 Å². The number of hydrogen-bond acceptors (Lipinski definition) is 5. The van der Waals surface area contributed by atoms with Crippen molar-refractivity contribution in [3.8, 4) is 11.4 Å². The molecule has 1 unspecified atom stereocenters. The Kier molecular flexibility index (Phi) is 5.39. The number of aliphatic hydroxyl groups excluding tert-OH is 1. The monoisotopic (exact) mass is 289 g/mol. The van der Waals surface area contributed by atoms with Crippen LogP contribution in [0.25, 0.3) is 11.4 Å². The summed E-state index contributed by atoms with van der Waals surface area (Å²) in [5.41, 5.74) is 1.30. The number of hydrogen-bond donors (Lipinski definition) is 3. The Bertz CT molecular complexity index is 571. The topological polar surface area (TPSA) is 104 Å². The summed E-state index contributed by atoms with van der Waals surface area (Å²) >= 11 is 0. The number of aromatic nitrogens is 4. The molecule has 1 aromatic carbocycles. The molecule has 0 aliphatic rings. The molecule has 0 aliphatic carbocycles. The van der Waals surface area contributed by atoms with Gasteiger partial charge in [0.2, 0.25) is 5.82 Å². The molecule has 0 aliphatic heterocycles. The average Bonchev–Trinajstić information content (AvgIpc) is 3.05. The lowest BCUT2D eigenvalue weighted by molar-refractivity contribution is 0.0952. The second-order valence-corrected chi connectivity index (χ2v) is 5.00. The molecule has 1 amide bonds. The lowest BCUT2D eigenvalue weighted by Crippen LogP contribution is -2.24. The molecule has 0 spiro atoms. The van der Waals surface area contributed by atoms with Crippen LogP contribution in [-0.4, -0.2) is 44.8 Å². The number of carbonyl (C=O) groups excluding carboxylic acids is 1. The van der Waals surface area contributed by atoms with E-state index in [0.29, 0.717) is 17.9 Å². The van der Waals surface area contributed by atoms with Crippen LogP contribution in [0.3, 0.4) is 0 Å². The number of carbonyl (C=O) groups is 1. The van der Waals surface area contributed by atoms with Crippen LogP contribution in [0.15, 0.2) is 24.3 Å². The van der Waals surface area contributed by atoms with Gasteiger partial charge in [-0.1, -0.05) is 19.1 Å². The van der Waals surface area contributed by atoms with E-state index in [1.165, 1.54) is 0 Å². The molecule has 2 rings (SSSR count). The Labute approximate surface area is 122 Å². The third-order valence-corrected chi connectivity index (χ3v) is 3.20. The molecule has 0 bridgehead atoms. The Morgan fingerprint density at radius 2 is 2.33 bits per heavy atom. The lowest BCUT2D eigenvalue weighted by atomic mass is 10.1. The largest absolute Gasteiger partial charge is 0.396 e. The molecule has 7 nitrogen and oxygen atoms in total. The first kappa shape index (κ1) is 15.1. The van der Waals surface area contributed by atoms with Gasteiger partial charge in [-0.05, 0) is 36.1 Å². The maximum absolute atomic E-state index is 12.1. The van der Waals surface area contributed by atoms with Gasteiger partial charge >= 0.3 is 0 Å². The van der Waals surface area contributed by atoms with Gasteiger partial charge in [0.05, 0.1) is 0 Å². The van der Waals surface area contributed by atoms with Crippen molar-refractivity contribution in [3.63, 3.8) is 0 Å². The molecule has 21 heavy (non-hydrogen) atoms. The average molecular weight is 289 g/mol. The fourth-order valence-electron chi connectivity index (χ4n) is 1.93. The standard InChI is InChI=1S/C14H19N5O2/c1-10(9-20)4-3-7-15-14(21)12-6-2-5-11(8-12)13-16-18-19-17-13/h2,5-6,8,10,20H,3-4,7,9H2,1H3,(H,15,21)(H,16,17,18,19). The van der Waals surface area contributed by atoms with Crippen molar-refractivity contribution in [2.75, 3.05) is 13.2 Å². The van der Waals surface area contributed by atoms with Crippen LogP contribution >= 0.6 is 0 Å². The van der Waals surface area contributed by atoms with E-state index in [9.17, 15) is 4.79 Å². The van der Waals surface area contributed by atoms with Crippen LogP contribution < -0.4 is 5.32 Å². The van der Waals surface area contributed by atoms with E-state index in [-0.39, 0.29) is 18.4 Å². The second kappa shape index (κ2) is 7.49. The second-order valence-electron chi connectivity index (χ2n) is 5.00. The molecular weight excluding hydrogens is 270 g/mol. The third kappa shape index (κ3) is 4.35. The van der Waals surface area contributed by atoms with Gasteiger partial charge in [-0.2, -0.15) is 5.21 Å². The lowest BCUT2D eigenvalue weighted by Gasteiger charge is -2.08. The van der Waals surface area contributed by atoms with Gasteiger partial charge in [-0.3, -0.25) is 4.79 Å². The highest BCUT2D eigenvalue weighted by molar-refractivity contribution is 5.95. The molecule has 3 N–H and O–H groups in total. The van der Waals surface area contributed by atoms with Gasteiger partial charge < -0.3 is 10.4 Å². The molecule has 0 saturated carbocycles. The van der Waals surface area contributed by atoms with E-state index >= 15 is 0 Å². The Morgan fingerprint density at radius 1 is 1.48 bits per heavy atom. The van der Waals surface area contributed by atoms with E-state index < -0.39 is 0 Å². The van der Waals surface area contributed by atoms with Crippen LogP contribution in [0.5, 0.6) is 0 Å². The Morgan fingerprint density at radius 3 is 3.05 bits per heavy atom. The predicted molar refractivity (Wildman–Crippen MR) is 77.4 cm³/mol. The molecule has 7 heteroatoms. The van der Waals surface area contributed by atoms with E-state index in [2.05, 4.69) is 25.9 Å². The van der Waals surface area contributed by atoms with Crippen LogP contribution in [-0.2, 0) is 0 Å². The first-order valence-corrected chi connectivity index (χ1v) is 6.93. The van der Waals surface area contributed by atoms with Crippen LogP contribution in [0.2, 0.25) is 0 Å². The molecule has 0 saturated heterocycles. The number of rotatable bonds is 7. The zero-order chi connectivity index (χ0) is 15.1. The van der Waals surface area contributed by atoms with E-state index in [0.717, 1.165) is 18.4 Å². The summed E-state index contributed by atoms with van der Waals surface area (Å²) in [5.74, 6) is 0.599. The van der Waals surface area contributed by atoms with Gasteiger partial charge in [0.25, 0.3) is 5.91 Å². The smallest absolute Gasteiger partial charge is 0.251 e. The molecule has 1 atom stereocenters. The zero-order valence-corrected chi connectivity index (χ0v) is 11.9. The van der Waals surface area contributed by atoms with Crippen LogP contribution in [0, 0.1) is 5.92 Å². The van der Waals surface area contributed by atoms with Crippen molar-refractivity contribution in [2.24, 2.45) is 5.92 Å². The number of H-pyrrole nitrogens is 1. The van der Waals surface area contributed by atoms with Crippen molar-refractivity contribution < 1.29 is 9.90 Å². The minimum atomic E-state index is -0.128. The molecule has 112 valence electrons. The van der Waals surface area contributed by atoms with Crippen molar-refractivity contribution in [3.05, 3.63) is 29.8 Å². The minimum Gasteiger partial charge on any atom is -0.396 e. The molecule has 2 aromatic rings. The summed E-state index contributed by atoms with van der Waals surface area (Å²) in [6.07, 6.45) is 1.73. The normalized spacial score (nSPS) is 12.1. The summed E-state index contributed by atoms with van der Waals surface area (Å²) in [5, 5.41) is 25.5. The fourth-order valence-corrected chi connectivity index (χ4v) is 1.93. The zero-order valence-electron chi connectivity index (χ0n) is 11.9. The number of amides is 1. The Balaban J connectivity index is 1.89. The molecule has 1 aromatic heterocycles.